The van der Waals surface area contributed by atoms with Gasteiger partial charge in [0, 0.05) is 15.8 Å². The maximum Gasteiger partial charge on any atom is 0.161 e. The highest BCUT2D eigenvalue weighted by Crippen LogP contribution is 2.27. The van der Waals surface area contributed by atoms with Crippen LogP contribution in [0.3, 0.4) is 0 Å². The minimum atomic E-state index is 0.182. The highest BCUT2D eigenvalue weighted by atomic mass is 127. The number of halogens is 1. The van der Waals surface area contributed by atoms with Gasteiger partial charge in [0.15, 0.2) is 11.5 Å². The van der Waals surface area contributed by atoms with Crippen LogP contribution >= 0.6 is 22.6 Å². The van der Waals surface area contributed by atoms with Crippen LogP contribution in [0, 0.1) is 10.5 Å². The number of phenols is 1. The number of aryl methyl sites for hydroxylation is 1. The van der Waals surface area contributed by atoms with Crippen LogP contribution in [0.15, 0.2) is 36.4 Å². The van der Waals surface area contributed by atoms with E-state index in [4.69, 9.17) is 4.74 Å². The lowest BCUT2D eigenvalue weighted by atomic mass is 10.1. The van der Waals surface area contributed by atoms with Crippen LogP contribution in [0.2, 0.25) is 0 Å². The Labute approximate surface area is 133 Å². The van der Waals surface area contributed by atoms with Gasteiger partial charge in [-0.2, -0.15) is 0 Å². The molecule has 2 aromatic rings. The van der Waals surface area contributed by atoms with Crippen molar-refractivity contribution in [3.05, 3.63) is 51.1 Å². The van der Waals surface area contributed by atoms with Crippen molar-refractivity contribution in [1.29, 1.82) is 0 Å². The molecule has 106 valence electrons. The minimum absolute atomic E-state index is 0.182. The lowest BCUT2D eigenvalue weighted by Crippen LogP contribution is -2.02. The van der Waals surface area contributed by atoms with Crippen LogP contribution in [0.1, 0.15) is 18.1 Å². The summed E-state index contributed by atoms with van der Waals surface area (Å²) in [6.45, 7) is 5.23. The average molecular weight is 383 g/mol. The molecule has 3 nitrogen and oxygen atoms in total. The smallest absolute Gasteiger partial charge is 0.161 e. The fourth-order valence-corrected chi connectivity index (χ4v) is 2.61. The average Bonchev–Trinajstić information content (AvgIpc) is 2.41. The Balaban J connectivity index is 2.08. The number of nitrogens with one attached hydrogen (secondary N) is 1. The number of benzene rings is 2. The van der Waals surface area contributed by atoms with Crippen molar-refractivity contribution in [2.75, 3.05) is 11.9 Å². The summed E-state index contributed by atoms with van der Waals surface area (Å²) in [5, 5.41) is 13.1. The first-order valence-corrected chi connectivity index (χ1v) is 7.62. The molecule has 2 rings (SSSR count). The molecule has 0 aromatic heterocycles. The van der Waals surface area contributed by atoms with Crippen molar-refractivity contribution in [2.24, 2.45) is 0 Å². The third-order valence-electron chi connectivity index (χ3n) is 3.00. The summed E-state index contributed by atoms with van der Waals surface area (Å²) in [6, 6.07) is 11.7. The van der Waals surface area contributed by atoms with Gasteiger partial charge in [-0.25, -0.2) is 0 Å². The number of phenolic OH excluding ortho intramolecular Hbond substituents is 1. The SMILES string of the molecule is CCOc1cc(CNc2ccc(I)cc2C)ccc1O. The second kappa shape index (κ2) is 6.83. The van der Waals surface area contributed by atoms with E-state index in [1.165, 1.54) is 9.13 Å². The Kier molecular flexibility index (Phi) is 5.11. The zero-order chi connectivity index (χ0) is 14.5. The highest BCUT2D eigenvalue weighted by molar-refractivity contribution is 14.1. The third kappa shape index (κ3) is 3.79. The number of hydrogen-bond acceptors (Lipinski definition) is 3. The zero-order valence-electron chi connectivity index (χ0n) is 11.6. The first kappa shape index (κ1) is 15.0. The molecule has 0 aliphatic rings. The topological polar surface area (TPSA) is 41.5 Å². The van der Waals surface area contributed by atoms with E-state index in [9.17, 15) is 5.11 Å². The first-order chi connectivity index (χ1) is 9.60. The van der Waals surface area contributed by atoms with E-state index in [2.05, 4.69) is 53.0 Å². The molecule has 0 aliphatic carbocycles. The molecular formula is C16H18INO2. The molecule has 0 heterocycles. The Morgan fingerprint density at radius 3 is 2.70 bits per heavy atom. The van der Waals surface area contributed by atoms with Crippen molar-refractivity contribution in [2.45, 2.75) is 20.4 Å². The van der Waals surface area contributed by atoms with Crippen LogP contribution in [-0.2, 0) is 6.54 Å². The molecule has 4 heteroatoms. The van der Waals surface area contributed by atoms with Gasteiger partial charge in [-0.1, -0.05) is 6.07 Å². The summed E-state index contributed by atoms with van der Waals surface area (Å²) in [4.78, 5) is 0. The molecule has 0 fully saturated rings. The maximum atomic E-state index is 9.68. The van der Waals surface area contributed by atoms with Crippen LogP contribution in [0.4, 0.5) is 5.69 Å². The lowest BCUT2D eigenvalue weighted by Gasteiger charge is -2.12. The van der Waals surface area contributed by atoms with E-state index in [0.717, 1.165) is 11.3 Å². The monoisotopic (exact) mass is 383 g/mol. The minimum Gasteiger partial charge on any atom is -0.504 e. The summed E-state index contributed by atoms with van der Waals surface area (Å²) in [6.07, 6.45) is 0. The van der Waals surface area contributed by atoms with E-state index in [0.29, 0.717) is 18.9 Å². The van der Waals surface area contributed by atoms with Gasteiger partial charge in [0.1, 0.15) is 0 Å². The highest BCUT2D eigenvalue weighted by Gasteiger charge is 2.04. The van der Waals surface area contributed by atoms with Crippen molar-refractivity contribution in [3.8, 4) is 11.5 Å². The molecule has 0 saturated carbocycles. The maximum absolute atomic E-state index is 9.68. The predicted molar refractivity (Wildman–Crippen MR) is 90.5 cm³/mol. The molecule has 0 spiro atoms. The molecule has 0 aliphatic heterocycles. The normalized spacial score (nSPS) is 10.3. The number of rotatable bonds is 5. The Hall–Kier alpha value is -1.43. The van der Waals surface area contributed by atoms with E-state index in [-0.39, 0.29) is 5.75 Å². The summed E-state index contributed by atoms with van der Waals surface area (Å²) in [5.74, 6) is 0.715. The number of aromatic hydroxyl groups is 1. The quantitative estimate of drug-likeness (QED) is 0.756. The van der Waals surface area contributed by atoms with Gasteiger partial charge in [0.2, 0.25) is 0 Å². The van der Waals surface area contributed by atoms with Crippen molar-refractivity contribution in [1.82, 2.24) is 0 Å². The van der Waals surface area contributed by atoms with E-state index in [1.54, 1.807) is 6.07 Å². The number of hydrogen-bond donors (Lipinski definition) is 2. The molecular weight excluding hydrogens is 365 g/mol. The predicted octanol–water partition coefficient (Wildman–Crippen LogP) is 4.32. The molecule has 0 saturated heterocycles. The summed E-state index contributed by atoms with van der Waals surface area (Å²) >= 11 is 2.31. The summed E-state index contributed by atoms with van der Waals surface area (Å²) in [7, 11) is 0. The Morgan fingerprint density at radius 1 is 1.20 bits per heavy atom. The first-order valence-electron chi connectivity index (χ1n) is 6.55. The van der Waals surface area contributed by atoms with Gasteiger partial charge in [0.05, 0.1) is 6.61 Å². The second-order valence-electron chi connectivity index (χ2n) is 4.55. The zero-order valence-corrected chi connectivity index (χ0v) is 13.8. The van der Waals surface area contributed by atoms with E-state index >= 15 is 0 Å². The Bertz CT molecular complexity index is 599. The van der Waals surface area contributed by atoms with Crippen molar-refractivity contribution in [3.63, 3.8) is 0 Å². The fraction of sp³-hybridized carbons (Fsp3) is 0.250. The number of anilines is 1. The van der Waals surface area contributed by atoms with Gasteiger partial charge < -0.3 is 15.2 Å². The molecule has 20 heavy (non-hydrogen) atoms. The van der Waals surface area contributed by atoms with Gasteiger partial charge >= 0.3 is 0 Å². The van der Waals surface area contributed by atoms with Crippen LogP contribution in [0.5, 0.6) is 11.5 Å². The molecule has 0 bridgehead atoms. The van der Waals surface area contributed by atoms with Gasteiger partial charge in [-0.15, -0.1) is 0 Å². The second-order valence-corrected chi connectivity index (χ2v) is 5.79. The summed E-state index contributed by atoms with van der Waals surface area (Å²) in [5.41, 5.74) is 3.42. The molecule has 0 unspecified atom stereocenters. The number of ether oxygens (including phenoxy) is 1. The molecule has 0 radical (unpaired) electrons. The summed E-state index contributed by atoms with van der Waals surface area (Å²) < 4.78 is 6.62. The lowest BCUT2D eigenvalue weighted by molar-refractivity contribution is 0.318. The Morgan fingerprint density at radius 2 is 2.00 bits per heavy atom. The molecule has 2 N–H and O–H groups in total. The van der Waals surface area contributed by atoms with Gasteiger partial charge in [-0.05, 0) is 77.9 Å². The van der Waals surface area contributed by atoms with Gasteiger partial charge in [-0.3, -0.25) is 0 Å². The molecule has 2 aromatic carbocycles. The fourth-order valence-electron chi connectivity index (χ4n) is 1.96. The van der Waals surface area contributed by atoms with E-state index in [1.807, 2.05) is 19.1 Å². The van der Waals surface area contributed by atoms with Crippen LogP contribution < -0.4 is 10.1 Å². The van der Waals surface area contributed by atoms with Crippen molar-refractivity contribution >= 4 is 28.3 Å². The van der Waals surface area contributed by atoms with Crippen LogP contribution in [0.25, 0.3) is 0 Å². The van der Waals surface area contributed by atoms with Crippen LogP contribution in [-0.4, -0.2) is 11.7 Å². The van der Waals surface area contributed by atoms with Crippen molar-refractivity contribution < 1.29 is 9.84 Å². The van der Waals surface area contributed by atoms with Gasteiger partial charge in [0.25, 0.3) is 0 Å². The largest absolute Gasteiger partial charge is 0.504 e. The molecule has 0 atom stereocenters. The standard InChI is InChI=1S/C16H18INO2/c1-3-20-16-9-12(4-7-15(16)19)10-18-14-6-5-13(17)8-11(14)2/h4-9,18-19H,3,10H2,1-2H3. The van der Waals surface area contributed by atoms with E-state index < -0.39 is 0 Å². The molecule has 0 amide bonds. The third-order valence-corrected chi connectivity index (χ3v) is 3.67.